The minimum absolute atomic E-state index is 0.697. The number of hydrogen-bond donors (Lipinski definition) is 1. The molecular formula is C12H22N4S. The predicted molar refractivity (Wildman–Crippen MR) is 74.9 cm³/mol. The molecule has 2 N–H and O–H groups in total. The summed E-state index contributed by atoms with van der Waals surface area (Å²) in [6, 6.07) is 0. The van der Waals surface area contributed by atoms with E-state index in [9.17, 15) is 0 Å². The van der Waals surface area contributed by atoms with Crippen molar-refractivity contribution in [3.63, 3.8) is 0 Å². The second kappa shape index (κ2) is 5.78. The number of thioether (sulfide) groups is 1. The molecule has 1 aromatic heterocycles. The fourth-order valence-corrected chi connectivity index (χ4v) is 3.37. The standard InChI is InChI=1S/C12H22N4S/c1-10-11(4-5-13)12(15(2)14-10)16-6-3-8-17-9-7-16/h3-9,13H2,1-2H3. The lowest BCUT2D eigenvalue weighted by Gasteiger charge is -2.23. The molecule has 1 aliphatic heterocycles. The van der Waals surface area contributed by atoms with Crippen molar-refractivity contribution in [3.8, 4) is 0 Å². The van der Waals surface area contributed by atoms with Crippen molar-refractivity contribution in [2.75, 3.05) is 36.0 Å². The summed E-state index contributed by atoms with van der Waals surface area (Å²) < 4.78 is 2.02. The summed E-state index contributed by atoms with van der Waals surface area (Å²) in [6.45, 7) is 5.05. The molecule has 1 fully saturated rings. The molecule has 0 aromatic carbocycles. The molecular weight excluding hydrogens is 232 g/mol. The van der Waals surface area contributed by atoms with Crippen LogP contribution in [0.25, 0.3) is 0 Å². The van der Waals surface area contributed by atoms with Crippen molar-refractivity contribution in [1.82, 2.24) is 9.78 Å². The predicted octanol–water partition coefficient (Wildman–Crippen LogP) is 1.17. The van der Waals surface area contributed by atoms with Crippen LogP contribution in [0.1, 0.15) is 17.7 Å². The van der Waals surface area contributed by atoms with Crippen LogP contribution < -0.4 is 10.6 Å². The van der Waals surface area contributed by atoms with E-state index in [1.165, 1.54) is 29.3 Å². The first-order valence-corrected chi connectivity index (χ1v) is 7.44. The van der Waals surface area contributed by atoms with Crippen molar-refractivity contribution >= 4 is 17.6 Å². The zero-order chi connectivity index (χ0) is 12.3. The summed E-state index contributed by atoms with van der Waals surface area (Å²) in [5, 5.41) is 4.55. The molecule has 0 unspecified atom stereocenters. The maximum Gasteiger partial charge on any atom is 0.130 e. The molecule has 0 spiro atoms. The Bertz CT molecular complexity index is 367. The number of aromatic nitrogens is 2. The highest BCUT2D eigenvalue weighted by Crippen LogP contribution is 2.25. The van der Waals surface area contributed by atoms with E-state index in [1.54, 1.807) is 0 Å². The monoisotopic (exact) mass is 254 g/mol. The van der Waals surface area contributed by atoms with Crippen LogP contribution in [0.5, 0.6) is 0 Å². The zero-order valence-corrected chi connectivity index (χ0v) is 11.6. The van der Waals surface area contributed by atoms with E-state index in [0.29, 0.717) is 6.54 Å². The molecule has 0 radical (unpaired) electrons. The Morgan fingerprint density at radius 3 is 2.94 bits per heavy atom. The van der Waals surface area contributed by atoms with Gasteiger partial charge in [-0.3, -0.25) is 4.68 Å². The average Bonchev–Trinajstić information content (AvgIpc) is 2.52. The molecule has 5 heteroatoms. The SMILES string of the molecule is Cc1nn(C)c(N2CCCSCC2)c1CCN. The van der Waals surface area contributed by atoms with Gasteiger partial charge in [0.1, 0.15) is 5.82 Å². The van der Waals surface area contributed by atoms with Crippen LogP contribution in [0.2, 0.25) is 0 Å². The maximum atomic E-state index is 5.71. The highest BCUT2D eigenvalue weighted by atomic mass is 32.2. The van der Waals surface area contributed by atoms with Crippen LogP contribution >= 0.6 is 11.8 Å². The number of aryl methyl sites for hydroxylation is 2. The summed E-state index contributed by atoms with van der Waals surface area (Å²) in [4.78, 5) is 2.48. The van der Waals surface area contributed by atoms with Crippen LogP contribution in [0.4, 0.5) is 5.82 Å². The second-order valence-corrected chi connectivity index (χ2v) is 5.73. The third-order valence-corrected chi connectivity index (χ3v) is 4.28. The molecule has 1 aliphatic rings. The van der Waals surface area contributed by atoms with Gasteiger partial charge in [-0.25, -0.2) is 0 Å². The first-order valence-electron chi connectivity index (χ1n) is 6.29. The van der Waals surface area contributed by atoms with Crippen molar-refractivity contribution < 1.29 is 0 Å². The molecule has 0 saturated carbocycles. The van der Waals surface area contributed by atoms with Gasteiger partial charge in [0.25, 0.3) is 0 Å². The molecule has 2 rings (SSSR count). The molecule has 0 aliphatic carbocycles. The van der Waals surface area contributed by atoms with Crippen LogP contribution in [0, 0.1) is 6.92 Å². The summed E-state index contributed by atoms with van der Waals surface area (Å²) >= 11 is 2.05. The van der Waals surface area contributed by atoms with E-state index >= 15 is 0 Å². The van der Waals surface area contributed by atoms with E-state index in [2.05, 4.69) is 28.7 Å². The van der Waals surface area contributed by atoms with Crippen LogP contribution in [0.15, 0.2) is 0 Å². The lowest BCUT2D eigenvalue weighted by atomic mass is 10.1. The second-order valence-electron chi connectivity index (χ2n) is 4.50. The van der Waals surface area contributed by atoms with Gasteiger partial charge in [-0.1, -0.05) is 0 Å². The third kappa shape index (κ3) is 2.77. The van der Waals surface area contributed by atoms with E-state index in [1.807, 2.05) is 11.7 Å². The Morgan fingerprint density at radius 2 is 2.18 bits per heavy atom. The number of nitrogens with zero attached hydrogens (tertiary/aromatic N) is 3. The highest BCUT2D eigenvalue weighted by Gasteiger charge is 2.19. The minimum Gasteiger partial charge on any atom is -0.356 e. The number of anilines is 1. The topological polar surface area (TPSA) is 47.1 Å². The lowest BCUT2D eigenvalue weighted by Crippen LogP contribution is -2.28. The molecule has 0 amide bonds. The van der Waals surface area contributed by atoms with Gasteiger partial charge >= 0.3 is 0 Å². The molecule has 96 valence electrons. The van der Waals surface area contributed by atoms with Crippen molar-refractivity contribution in [2.24, 2.45) is 12.8 Å². The lowest BCUT2D eigenvalue weighted by molar-refractivity contribution is 0.703. The Morgan fingerprint density at radius 1 is 1.35 bits per heavy atom. The van der Waals surface area contributed by atoms with Crippen LogP contribution in [-0.4, -0.2) is 40.9 Å². The highest BCUT2D eigenvalue weighted by molar-refractivity contribution is 7.99. The normalized spacial score (nSPS) is 17.2. The van der Waals surface area contributed by atoms with Gasteiger partial charge in [0.15, 0.2) is 0 Å². The Balaban J connectivity index is 2.28. The van der Waals surface area contributed by atoms with E-state index in [4.69, 9.17) is 5.73 Å². The minimum atomic E-state index is 0.697. The molecule has 17 heavy (non-hydrogen) atoms. The molecule has 0 atom stereocenters. The summed E-state index contributed by atoms with van der Waals surface area (Å²) in [5.74, 6) is 3.78. The quantitative estimate of drug-likeness (QED) is 0.880. The largest absolute Gasteiger partial charge is 0.356 e. The molecule has 2 heterocycles. The third-order valence-electron chi connectivity index (χ3n) is 3.23. The molecule has 0 bridgehead atoms. The van der Waals surface area contributed by atoms with Crippen molar-refractivity contribution in [3.05, 3.63) is 11.3 Å². The van der Waals surface area contributed by atoms with E-state index in [0.717, 1.165) is 25.2 Å². The Labute approximate surface area is 108 Å². The van der Waals surface area contributed by atoms with Gasteiger partial charge in [0.05, 0.1) is 5.69 Å². The fourth-order valence-electron chi connectivity index (χ4n) is 2.48. The summed E-state index contributed by atoms with van der Waals surface area (Å²) in [7, 11) is 2.04. The smallest absolute Gasteiger partial charge is 0.130 e. The summed E-state index contributed by atoms with van der Waals surface area (Å²) in [6.07, 6.45) is 2.19. The number of hydrogen-bond acceptors (Lipinski definition) is 4. The number of nitrogens with two attached hydrogens (primary N) is 1. The van der Waals surface area contributed by atoms with Gasteiger partial charge in [0, 0.05) is 31.5 Å². The van der Waals surface area contributed by atoms with E-state index in [-0.39, 0.29) is 0 Å². The van der Waals surface area contributed by atoms with Gasteiger partial charge in [0.2, 0.25) is 0 Å². The van der Waals surface area contributed by atoms with E-state index < -0.39 is 0 Å². The van der Waals surface area contributed by atoms with Crippen molar-refractivity contribution in [1.29, 1.82) is 0 Å². The van der Waals surface area contributed by atoms with Gasteiger partial charge in [-0.2, -0.15) is 16.9 Å². The molecule has 1 saturated heterocycles. The van der Waals surface area contributed by atoms with Gasteiger partial charge in [-0.05, 0) is 32.1 Å². The molecule has 1 aromatic rings. The Hall–Kier alpha value is -0.680. The molecule has 4 nitrogen and oxygen atoms in total. The van der Waals surface area contributed by atoms with Gasteiger partial charge in [-0.15, -0.1) is 0 Å². The first kappa shape index (κ1) is 12.8. The van der Waals surface area contributed by atoms with Gasteiger partial charge < -0.3 is 10.6 Å². The first-order chi connectivity index (χ1) is 8.24. The maximum absolute atomic E-state index is 5.71. The fraction of sp³-hybridized carbons (Fsp3) is 0.750. The zero-order valence-electron chi connectivity index (χ0n) is 10.8. The van der Waals surface area contributed by atoms with Crippen LogP contribution in [-0.2, 0) is 13.5 Å². The Kier molecular flexibility index (Phi) is 4.34. The summed E-state index contributed by atoms with van der Waals surface area (Å²) in [5.41, 5.74) is 8.17. The number of rotatable bonds is 3. The van der Waals surface area contributed by atoms with Crippen LogP contribution in [0.3, 0.4) is 0 Å². The average molecular weight is 254 g/mol. The van der Waals surface area contributed by atoms with Crippen molar-refractivity contribution in [2.45, 2.75) is 19.8 Å².